The van der Waals surface area contributed by atoms with Gasteiger partial charge in [0.1, 0.15) is 5.75 Å². The summed E-state index contributed by atoms with van der Waals surface area (Å²) < 4.78 is 5.53. The highest BCUT2D eigenvalue weighted by atomic mass is 16.5. The van der Waals surface area contributed by atoms with Crippen LogP contribution < -0.4 is 10.1 Å². The monoisotopic (exact) mass is 279 g/mol. The van der Waals surface area contributed by atoms with Crippen LogP contribution in [0.1, 0.15) is 54.0 Å². The molecule has 0 saturated carbocycles. The van der Waals surface area contributed by atoms with Gasteiger partial charge in [-0.1, -0.05) is 38.1 Å². The van der Waals surface area contributed by atoms with Crippen LogP contribution in [0.25, 0.3) is 0 Å². The molecule has 0 radical (unpaired) electrons. The average Bonchev–Trinajstić information content (AvgIpc) is 3.02. The Hall–Kier alpha value is -1.96. The van der Waals surface area contributed by atoms with Crippen LogP contribution in [0, 0.1) is 0 Å². The maximum atomic E-state index is 5.53. The highest BCUT2D eigenvalue weighted by molar-refractivity contribution is 5.70. The van der Waals surface area contributed by atoms with E-state index < -0.39 is 0 Å². The van der Waals surface area contributed by atoms with Gasteiger partial charge in [-0.2, -0.15) is 0 Å². The SMILES string of the molecule is COc1cc(C(C)C)c2c(c1)C1Cc3ccccc3C1N2. The van der Waals surface area contributed by atoms with Gasteiger partial charge in [0.05, 0.1) is 13.2 Å². The minimum Gasteiger partial charge on any atom is -0.497 e. The molecular formula is C19H21NO. The van der Waals surface area contributed by atoms with Crippen LogP contribution in [0.2, 0.25) is 0 Å². The van der Waals surface area contributed by atoms with Gasteiger partial charge in [0.15, 0.2) is 0 Å². The van der Waals surface area contributed by atoms with Crippen LogP contribution >= 0.6 is 0 Å². The van der Waals surface area contributed by atoms with Gasteiger partial charge in [-0.15, -0.1) is 0 Å². The molecule has 0 aromatic heterocycles. The molecule has 4 rings (SSSR count). The highest BCUT2D eigenvalue weighted by Gasteiger charge is 2.40. The zero-order chi connectivity index (χ0) is 14.6. The molecule has 1 aliphatic heterocycles. The van der Waals surface area contributed by atoms with E-state index in [4.69, 9.17) is 4.74 Å². The van der Waals surface area contributed by atoms with Gasteiger partial charge in [-0.25, -0.2) is 0 Å². The number of anilines is 1. The van der Waals surface area contributed by atoms with Gasteiger partial charge in [0, 0.05) is 11.6 Å². The number of benzene rings is 2. The first-order chi connectivity index (χ1) is 10.2. The maximum absolute atomic E-state index is 5.53. The van der Waals surface area contributed by atoms with Gasteiger partial charge in [-0.3, -0.25) is 0 Å². The molecule has 108 valence electrons. The van der Waals surface area contributed by atoms with E-state index in [1.165, 1.54) is 27.9 Å². The molecular weight excluding hydrogens is 258 g/mol. The number of rotatable bonds is 2. The van der Waals surface area contributed by atoms with E-state index in [0.29, 0.717) is 17.9 Å². The molecule has 21 heavy (non-hydrogen) atoms. The Labute approximate surface area is 126 Å². The summed E-state index contributed by atoms with van der Waals surface area (Å²) in [5.41, 5.74) is 7.10. The van der Waals surface area contributed by atoms with Crippen molar-refractivity contribution in [2.45, 2.75) is 38.1 Å². The fourth-order valence-corrected chi connectivity index (χ4v) is 3.91. The summed E-state index contributed by atoms with van der Waals surface area (Å²) >= 11 is 0. The van der Waals surface area contributed by atoms with Crippen molar-refractivity contribution in [3.63, 3.8) is 0 Å². The molecule has 2 nitrogen and oxygen atoms in total. The zero-order valence-corrected chi connectivity index (χ0v) is 12.8. The van der Waals surface area contributed by atoms with E-state index in [2.05, 4.69) is 55.6 Å². The molecule has 2 atom stereocenters. The molecule has 1 heterocycles. The van der Waals surface area contributed by atoms with Crippen molar-refractivity contribution in [2.75, 3.05) is 12.4 Å². The zero-order valence-electron chi connectivity index (χ0n) is 12.8. The second-order valence-corrected chi connectivity index (χ2v) is 6.47. The standard InChI is InChI=1S/C19H21NO/c1-11(2)15-9-13(21-3)10-17-16-8-12-6-4-5-7-14(12)18(16)20-19(15)17/h4-7,9-11,16,18,20H,8H2,1-3H3. The number of hydrogen-bond donors (Lipinski definition) is 1. The number of ether oxygens (including phenoxy) is 1. The molecule has 2 aromatic carbocycles. The topological polar surface area (TPSA) is 21.3 Å². The summed E-state index contributed by atoms with van der Waals surface area (Å²) in [6, 6.07) is 13.7. The first-order valence-corrected chi connectivity index (χ1v) is 7.75. The van der Waals surface area contributed by atoms with Gasteiger partial charge in [0.2, 0.25) is 0 Å². The summed E-state index contributed by atoms with van der Waals surface area (Å²) in [4.78, 5) is 0. The summed E-state index contributed by atoms with van der Waals surface area (Å²) in [6.07, 6.45) is 1.13. The summed E-state index contributed by atoms with van der Waals surface area (Å²) in [5.74, 6) is 2.02. The van der Waals surface area contributed by atoms with E-state index in [9.17, 15) is 0 Å². The van der Waals surface area contributed by atoms with Crippen molar-refractivity contribution >= 4 is 5.69 Å². The first-order valence-electron chi connectivity index (χ1n) is 7.75. The normalized spacial score (nSPS) is 21.7. The number of fused-ring (bicyclic) bond motifs is 5. The predicted molar refractivity (Wildman–Crippen MR) is 86.3 cm³/mol. The molecule has 0 saturated heterocycles. The van der Waals surface area contributed by atoms with Gasteiger partial charge < -0.3 is 10.1 Å². The third kappa shape index (κ3) is 1.78. The molecule has 0 fully saturated rings. The minimum absolute atomic E-state index is 0.431. The summed E-state index contributed by atoms with van der Waals surface area (Å²) in [7, 11) is 1.76. The lowest BCUT2D eigenvalue weighted by atomic mass is 9.91. The summed E-state index contributed by atoms with van der Waals surface area (Å²) in [6.45, 7) is 4.50. The fraction of sp³-hybridized carbons (Fsp3) is 0.368. The Balaban J connectivity index is 1.84. The third-order valence-corrected chi connectivity index (χ3v) is 4.96. The van der Waals surface area contributed by atoms with E-state index in [1.807, 2.05) is 0 Å². The molecule has 2 heteroatoms. The van der Waals surface area contributed by atoms with Crippen molar-refractivity contribution in [1.82, 2.24) is 0 Å². The molecule has 2 unspecified atom stereocenters. The number of hydrogen-bond acceptors (Lipinski definition) is 2. The van der Waals surface area contributed by atoms with Gasteiger partial charge in [-0.05, 0) is 46.7 Å². The lowest BCUT2D eigenvalue weighted by Crippen LogP contribution is -2.06. The third-order valence-electron chi connectivity index (χ3n) is 4.96. The minimum atomic E-state index is 0.431. The van der Waals surface area contributed by atoms with Crippen molar-refractivity contribution in [3.05, 3.63) is 58.7 Å². The second kappa shape index (κ2) is 4.52. The van der Waals surface area contributed by atoms with E-state index in [0.717, 1.165) is 12.2 Å². The Morgan fingerprint density at radius 3 is 2.71 bits per heavy atom. The number of methoxy groups -OCH3 is 1. The fourth-order valence-electron chi connectivity index (χ4n) is 3.91. The molecule has 0 amide bonds. The van der Waals surface area contributed by atoms with Crippen molar-refractivity contribution < 1.29 is 4.74 Å². The lowest BCUT2D eigenvalue weighted by Gasteiger charge is -2.16. The predicted octanol–water partition coefficient (Wildman–Crippen LogP) is 4.63. The van der Waals surface area contributed by atoms with Crippen LogP contribution in [-0.2, 0) is 6.42 Å². The molecule has 1 aliphatic carbocycles. The largest absolute Gasteiger partial charge is 0.497 e. The van der Waals surface area contributed by atoms with Crippen LogP contribution in [0.4, 0.5) is 5.69 Å². The first kappa shape index (κ1) is 12.8. The van der Waals surface area contributed by atoms with Crippen LogP contribution in [0.3, 0.4) is 0 Å². The van der Waals surface area contributed by atoms with Crippen LogP contribution in [-0.4, -0.2) is 7.11 Å². The lowest BCUT2D eigenvalue weighted by molar-refractivity contribution is 0.413. The Morgan fingerprint density at radius 1 is 1.14 bits per heavy atom. The highest BCUT2D eigenvalue weighted by Crippen LogP contribution is 2.54. The molecule has 1 N–H and O–H groups in total. The smallest absolute Gasteiger partial charge is 0.119 e. The quantitative estimate of drug-likeness (QED) is 0.865. The van der Waals surface area contributed by atoms with E-state index in [1.54, 1.807) is 7.11 Å². The van der Waals surface area contributed by atoms with Gasteiger partial charge in [0.25, 0.3) is 0 Å². The van der Waals surface area contributed by atoms with Crippen molar-refractivity contribution in [3.8, 4) is 5.75 Å². The second-order valence-electron chi connectivity index (χ2n) is 6.47. The maximum Gasteiger partial charge on any atom is 0.119 e. The van der Waals surface area contributed by atoms with Crippen LogP contribution in [0.5, 0.6) is 5.75 Å². The van der Waals surface area contributed by atoms with Crippen molar-refractivity contribution in [2.24, 2.45) is 0 Å². The molecule has 0 bridgehead atoms. The van der Waals surface area contributed by atoms with E-state index >= 15 is 0 Å². The Kier molecular flexibility index (Phi) is 2.75. The van der Waals surface area contributed by atoms with Gasteiger partial charge >= 0.3 is 0 Å². The van der Waals surface area contributed by atoms with E-state index in [-0.39, 0.29) is 0 Å². The molecule has 2 aliphatic rings. The average molecular weight is 279 g/mol. The van der Waals surface area contributed by atoms with Crippen molar-refractivity contribution in [1.29, 1.82) is 0 Å². The van der Waals surface area contributed by atoms with Crippen LogP contribution in [0.15, 0.2) is 36.4 Å². The molecule has 2 aromatic rings. The number of nitrogens with one attached hydrogen (secondary N) is 1. The Morgan fingerprint density at radius 2 is 1.95 bits per heavy atom. The summed E-state index contributed by atoms with van der Waals surface area (Å²) in [5, 5.41) is 3.80. The molecule has 0 spiro atoms. The Bertz CT molecular complexity index is 705.